The number of carbonyl (C=O) groups excluding carboxylic acids is 1. The molecule has 3 rings (SSSR count). The maximum absolute atomic E-state index is 12.6. The van der Waals surface area contributed by atoms with Crippen LogP contribution in [0.4, 0.5) is 0 Å². The summed E-state index contributed by atoms with van der Waals surface area (Å²) in [6.07, 6.45) is 5.59. The molecule has 0 aromatic carbocycles. The van der Waals surface area contributed by atoms with Crippen molar-refractivity contribution in [2.24, 2.45) is 0 Å². The minimum Gasteiger partial charge on any atom is -0.377 e. The van der Waals surface area contributed by atoms with E-state index in [9.17, 15) is 4.79 Å². The molecule has 0 saturated carbocycles. The Hall–Kier alpha value is -1.79. The highest BCUT2D eigenvalue weighted by atomic mass is 32.1. The van der Waals surface area contributed by atoms with Crippen molar-refractivity contribution in [2.45, 2.75) is 32.2 Å². The van der Waals surface area contributed by atoms with E-state index in [1.54, 1.807) is 23.7 Å². The third-order valence-corrected chi connectivity index (χ3v) is 5.03. The van der Waals surface area contributed by atoms with E-state index in [0.717, 1.165) is 29.1 Å². The SMILES string of the molecule is Cc1nccnc1CCC1COCCN1C(=O)Cc1cccs1. The molecule has 1 amide bonds. The molecule has 0 bridgehead atoms. The summed E-state index contributed by atoms with van der Waals surface area (Å²) < 4.78 is 5.59. The van der Waals surface area contributed by atoms with Crippen molar-refractivity contribution in [3.05, 3.63) is 46.2 Å². The molecule has 1 aliphatic heterocycles. The van der Waals surface area contributed by atoms with Crippen LogP contribution in [0.5, 0.6) is 0 Å². The van der Waals surface area contributed by atoms with Crippen molar-refractivity contribution < 1.29 is 9.53 Å². The number of aromatic nitrogens is 2. The Morgan fingerprint density at radius 2 is 2.30 bits per heavy atom. The molecular formula is C17H21N3O2S. The first kappa shape index (κ1) is 16.1. The van der Waals surface area contributed by atoms with Crippen molar-refractivity contribution in [1.29, 1.82) is 0 Å². The fraction of sp³-hybridized carbons (Fsp3) is 0.471. The van der Waals surface area contributed by atoms with E-state index in [1.807, 2.05) is 29.3 Å². The van der Waals surface area contributed by atoms with Crippen molar-refractivity contribution in [3.63, 3.8) is 0 Å². The Balaban J connectivity index is 1.62. The van der Waals surface area contributed by atoms with Gasteiger partial charge in [-0.2, -0.15) is 0 Å². The molecule has 1 atom stereocenters. The number of ether oxygens (including phenoxy) is 1. The van der Waals surface area contributed by atoms with Gasteiger partial charge in [-0.15, -0.1) is 11.3 Å². The highest BCUT2D eigenvalue weighted by Gasteiger charge is 2.27. The third kappa shape index (κ3) is 4.14. The van der Waals surface area contributed by atoms with Gasteiger partial charge >= 0.3 is 0 Å². The van der Waals surface area contributed by atoms with Crippen LogP contribution in [0.1, 0.15) is 22.7 Å². The largest absolute Gasteiger partial charge is 0.377 e. The summed E-state index contributed by atoms with van der Waals surface area (Å²) >= 11 is 1.63. The Morgan fingerprint density at radius 1 is 1.43 bits per heavy atom. The quantitative estimate of drug-likeness (QED) is 0.843. The summed E-state index contributed by atoms with van der Waals surface area (Å²) in [5, 5.41) is 2.01. The summed E-state index contributed by atoms with van der Waals surface area (Å²) in [5.74, 6) is 0.191. The van der Waals surface area contributed by atoms with Gasteiger partial charge in [0.1, 0.15) is 0 Å². The van der Waals surface area contributed by atoms with E-state index < -0.39 is 0 Å². The molecule has 1 aliphatic rings. The number of thiophene rings is 1. The maximum Gasteiger partial charge on any atom is 0.228 e. The number of amides is 1. The monoisotopic (exact) mass is 331 g/mol. The fourth-order valence-electron chi connectivity index (χ4n) is 2.87. The summed E-state index contributed by atoms with van der Waals surface area (Å²) in [7, 11) is 0. The smallest absolute Gasteiger partial charge is 0.228 e. The first-order valence-electron chi connectivity index (χ1n) is 7.90. The van der Waals surface area contributed by atoms with Crippen LogP contribution in [0.25, 0.3) is 0 Å². The molecule has 1 unspecified atom stereocenters. The van der Waals surface area contributed by atoms with Crippen LogP contribution < -0.4 is 0 Å². The predicted molar refractivity (Wildman–Crippen MR) is 89.4 cm³/mol. The molecule has 3 heterocycles. The molecule has 23 heavy (non-hydrogen) atoms. The zero-order chi connectivity index (χ0) is 16.1. The predicted octanol–water partition coefficient (Wildman–Crippen LogP) is 2.25. The second kappa shape index (κ2) is 7.66. The van der Waals surface area contributed by atoms with Crippen molar-refractivity contribution in [2.75, 3.05) is 19.8 Å². The van der Waals surface area contributed by atoms with Gasteiger partial charge in [0.25, 0.3) is 0 Å². The van der Waals surface area contributed by atoms with Gasteiger partial charge in [-0.3, -0.25) is 14.8 Å². The molecule has 2 aromatic heterocycles. The molecule has 2 aromatic rings. The summed E-state index contributed by atoms with van der Waals surface area (Å²) in [5.41, 5.74) is 1.96. The summed E-state index contributed by atoms with van der Waals surface area (Å²) in [6.45, 7) is 3.88. The summed E-state index contributed by atoms with van der Waals surface area (Å²) in [4.78, 5) is 24.4. The van der Waals surface area contributed by atoms with E-state index in [1.165, 1.54) is 0 Å². The lowest BCUT2D eigenvalue weighted by Crippen LogP contribution is -2.49. The van der Waals surface area contributed by atoms with Crippen LogP contribution in [0.3, 0.4) is 0 Å². The van der Waals surface area contributed by atoms with Gasteiger partial charge in [-0.05, 0) is 31.2 Å². The highest BCUT2D eigenvalue weighted by molar-refractivity contribution is 7.10. The number of nitrogens with zero attached hydrogens (tertiary/aromatic N) is 3. The van der Waals surface area contributed by atoms with E-state index in [0.29, 0.717) is 26.2 Å². The Bertz CT molecular complexity index is 645. The lowest BCUT2D eigenvalue weighted by atomic mass is 10.1. The molecule has 0 spiro atoms. The van der Waals surface area contributed by atoms with Crippen LogP contribution in [-0.2, 0) is 22.4 Å². The van der Waals surface area contributed by atoms with Gasteiger partial charge in [-0.25, -0.2) is 0 Å². The molecule has 0 aliphatic carbocycles. The molecule has 5 nitrogen and oxygen atoms in total. The summed E-state index contributed by atoms with van der Waals surface area (Å²) in [6, 6.07) is 4.12. The van der Waals surface area contributed by atoms with Gasteiger partial charge in [0.15, 0.2) is 0 Å². The van der Waals surface area contributed by atoms with Crippen molar-refractivity contribution in [1.82, 2.24) is 14.9 Å². The highest BCUT2D eigenvalue weighted by Crippen LogP contribution is 2.17. The normalized spacial score (nSPS) is 18.1. The van der Waals surface area contributed by atoms with Gasteiger partial charge in [0, 0.05) is 23.8 Å². The third-order valence-electron chi connectivity index (χ3n) is 4.15. The number of hydrogen-bond donors (Lipinski definition) is 0. The first-order valence-corrected chi connectivity index (χ1v) is 8.78. The Kier molecular flexibility index (Phi) is 5.35. The number of rotatable bonds is 5. The van der Waals surface area contributed by atoms with Crippen molar-refractivity contribution >= 4 is 17.2 Å². The molecule has 122 valence electrons. The average molecular weight is 331 g/mol. The van der Waals surface area contributed by atoms with E-state index in [4.69, 9.17) is 4.74 Å². The zero-order valence-corrected chi connectivity index (χ0v) is 14.1. The number of aryl methyl sites for hydroxylation is 2. The Morgan fingerprint density at radius 3 is 3.09 bits per heavy atom. The van der Waals surface area contributed by atoms with Crippen LogP contribution in [-0.4, -0.2) is 46.6 Å². The Labute approximate surface area is 140 Å². The van der Waals surface area contributed by atoms with E-state index in [-0.39, 0.29) is 11.9 Å². The fourth-order valence-corrected chi connectivity index (χ4v) is 3.57. The molecular weight excluding hydrogens is 310 g/mol. The number of carbonyl (C=O) groups is 1. The van der Waals surface area contributed by atoms with Gasteiger partial charge in [0.2, 0.25) is 5.91 Å². The maximum atomic E-state index is 12.6. The average Bonchev–Trinajstić information content (AvgIpc) is 3.07. The molecule has 1 fully saturated rings. The van der Waals surface area contributed by atoms with Gasteiger partial charge in [-0.1, -0.05) is 6.07 Å². The molecule has 6 heteroatoms. The molecule has 0 radical (unpaired) electrons. The lowest BCUT2D eigenvalue weighted by Gasteiger charge is -2.35. The van der Waals surface area contributed by atoms with Gasteiger partial charge < -0.3 is 9.64 Å². The van der Waals surface area contributed by atoms with Crippen LogP contribution in [0, 0.1) is 6.92 Å². The molecule has 0 N–H and O–H groups in total. The first-order chi connectivity index (χ1) is 11.2. The van der Waals surface area contributed by atoms with Crippen molar-refractivity contribution in [3.8, 4) is 0 Å². The van der Waals surface area contributed by atoms with E-state index >= 15 is 0 Å². The zero-order valence-electron chi connectivity index (χ0n) is 13.3. The number of morpholine rings is 1. The standard InChI is InChI=1S/C17H21N3O2S/c1-13-16(19-7-6-18-13)5-4-14-12-22-9-8-20(14)17(21)11-15-3-2-10-23-15/h2-3,6-7,10,14H,4-5,8-9,11-12H2,1H3. The minimum absolute atomic E-state index is 0.123. The topological polar surface area (TPSA) is 55.3 Å². The minimum atomic E-state index is 0.123. The lowest BCUT2D eigenvalue weighted by molar-refractivity contribution is -0.139. The van der Waals surface area contributed by atoms with E-state index in [2.05, 4.69) is 9.97 Å². The van der Waals surface area contributed by atoms with Crippen LogP contribution in [0.2, 0.25) is 0 Å². The second-order valence-corrected chi connectivity index (χ2v) is 6.73. The second-order valence-electron chi connectivity index (χ2n) is 5.70. The number of hydrogen-bond acceptors (Lipinski definition) is 5. The van der Waals surface area contributed by atoms with Crippen LogP contribution in [0.15, 0.2) is 29.9 Å². The van der Waals surface area contributed by atoms with Crippen LogP contribution >= 0.6 is 11.3 Å². The molecule has 1 saturated heterocycles. The van der Waals surface area contributed by atoms with Gasteiger partial charge in [0.05, 0.1) is 37.1 Å².